The summed E-state index contributed by atoms with van der Waals surface area (Å²) in [6.07, 6.45) is 6.05. The summed E-state index contributed by atoms with van der Waals surface area (Å²) in [5.74, 6) is 1.67. The first-order valence-corrected chi connectivity index (χ1v) is 5.28. The van der Waals surface area contributed by atoms with Gasteiger partial charge in [0, 0.05) is 6.04 Å². The zero-order valence-corrected chi connectivity index (χ0v) is 9.25. The van der Waals surface area contributed by atoms with Crippen molar-refractivity contribution in [3.8, 4) is 12.3 Å². The lowest BCUT2D eigenvalue weighted by molar-refractivity contribution is -0.116. The predicted molar refractivity (Wildman–Crippen MR) is 58.3 cm³/mol. The molecule has 4 heteroatoms. The SMILES string of the molecule is C#CC(=O)N[C@H]1COC[C@H]1NC(C)CC. The molecule has 1 heterocycles. The maximum absolute atomic E-state index is 11.0. The summed E-state index contributed by atoms with van der Waals surface area (Å²) in [6.45, 7) is 5.38. The van der Waals surface area contributed by atoms with Crippen LogP contribution in [0.5, 0.6) is 0 Å². The van der Waals surface area contributed by atoms with Gasteiger partial charge < -0.3 is 15.4 Å². The fourth-order valence-corrected chi connectivity index (χ4v) is 1.55. The average molecular weight is 210 g/mol. The Bertz CT molecular complexity index is 260. The Kier molecular flexibility index (Phi) is 4.60. The standard InChI is InChI=1S/C11H18N2O2/c1-4-8(3)12-9-6-15-7-10(9)13-11(14)5-2/h2,8-10,12H,4,6-7H2,1,3H3,(H,13,14)/t8?,9-,10+/m1/s1. The maximum Gasteiger partial charge on any atom is 0.295 e. The number of ether oxygens (including phenoxy) is 1. The highest BCUT2D eigenvalue weighted by atomic mass is 16.5. The zero-order valence-electron chi connectivity index (χ0n) is 9.25. The van der Waals surface area contributed by atoms with E-state index in [2.05, 4.69) is 24.5 Å². The number of carbonyl (C=O) groups is 1. The Balaban J connectivity index is 2.43. The summed E-state index contributed by atoms with van der Waals surface area (Å²) in [4.78, 5) is 11.0. The lowest BCUT2D eigenvalue weighted by Gasteiger charge is -2.22. The van der Waals surface area contributed by atoms with Crippen LogP contribution in [0.2, 0.25) is 0 Å². The van der Waals surface area contributed by atoms with Gasteiger partial charge in [-0.15, -0.1) is 6.42 Å². The lowest BCUT2D eigenvalue weighted by atomic mass is 10.1. The molecule has 15 heavy (non-hydrogen) atoms. The van der Waals surface area contributed by atoms with Crippen molar-refractivity contribution >= 4 is 5.91 Å². The number of terminal acetylenes is 1. The largest absolute Gasteiger partial charge is 0.378 e. The van der Waals surface area contributed by atoms with E-state index in [9.17, 15) is 4.79 Å². The summed E-state index contributed by atoms with van der Waals surface area (Å²) in [5, 5.41) is 6.15. The second-order valence-corrected chi connectivity index (χ2v) is 3.84. The molecule has 0 spiro atoms. The monoisotopic (exact) mass is 210 g/mol. The van der Waals surface area contributed by atoms with Gasteiger partial charge in [-0.25, -0.2) is 0 Å². The smallest absolute Gasteiger partial charge is 0.295 e. The van der Waals surface area contributed by atoms with Crippen LogP contribution in [-0.4, -0.2) is 37.2 Å². The zero-order chi connectivity index (χ0) is 11.3. The molecule has 1 unspecified atom stereocenters. The van der Waals surface area contributed by atoms with Crippen LogP contribution in [-0.2, 0) is 9.53 Å². The van der Waals surface area contributed by atoms with Crippen molar-refractivity contribution in [3.63, 3.8) is 0 Å². The average Bonchev–Trinajstić information content (AvgIpc) is 2.65. The van der Waals surface area contributed by atoms with E-state index in [0.29, 0.717) is 19.3 Å². The molecular formula is C11H18N2O2. The van der Waals surface area contributed by atoms with E-state index in [1.54, 1.807) is 0 Å². The van der Waals surface area contributed by atoms with Crippen molar-refractivity contribution in [1.82, 2.24) is 10.6 Å². The number of carbonyl (C=O) groups excluding carboxylic acids is 1. The Hall–Kier alpha value is -1.05. The minimum atomic E-state index is -0.374. The van der Waals surface area contributed by atoms with Gasteiger partial charge in [-0.05, 0) is 19.3 Å². The molecule has 1 saturated heterocycles. The second kappa shape index (κ2) is 5.74. The van der Waals surface area contributed by atoms with Gasteiger partial charge in [0.2, 0.25) is 0 Å². The molecule has 0 aromatic heterocycles. The molecule has 1 fully saturated rings. The molecule has 1 rings (SSSR count). The van der Waals surface area contributed by atoms with Crippen LogP contribution >= 0.6 is 0 Å². The molecule has 0 bridgehead atoms. The second-order valence-electron chi connectivity index (χ2n) is 3.84. The van der Waals surface area contributed by atoms with Crippen molar-refractivity contribution in [3.05, 3.63) is 0 Å². The molecule has 1 aliphatic heterocycles. The molecule has 3 atom stereocenters. The van der Waals surface area contributed by atoms with Crippen LogP contribution in [0.25, 0.3) is 0 Å². The third kappa shape index (κ3) is 3.54. The van der Waals surface area contributed by atoms with Gasteiger partial charge in [0.05, 0.1) is 25.3 Å². The third-order valence-corrected chi connectivity index (χ3v) is 2.64. The summed E-state index contributed by atoms with van der Waals surface area (Å²) < 4.78 is 5.31. The van der Waals surface area contributed by atoms with Gasteiger partial charge in [0.25, 0.3) is 5.91 Å². The minimum Gasteiger partial charge on any atom is -0.378 e. The van der Waals surface area contributed by atoms with E-state index in [1.807, 2.05) is 5.92 Å². The van der Waals surface area contributed by atoms with E-state index >= 15 is 0 Å². The summed E-state index contributed by atoms with van der Waals surface area (Å²) >= 11 is 0. The molecular weight excluding hydrogens is 192 g/mol. The topological polar surface area (TPSA) is 50.4 Å². The first-order valence-electron chi connectivity index (χ1n) is 5.28. The molecule has 0 aromatic carbocycles. The summed E-state index contributed by atoms with van der Waals surface area (Å²) in [7, 11) is 0. The van der Waals surface area contributed by atoms with Crippen molar-refractivity contribution < 1.29 is 9.53 Å². The Morgan fingerprint density at radius 2 is 2.27 bits per heavy atom. The van der Waals surface area contributed by atoms with Gasteiger partial charge in [-0.3, -0.25) is 4.79 Å². The molecule has 2 N–H and O–H groups in total. The Morgan fingerprint density at radius 1 is 1.60 bits per heavy atom. The normalized spacial score (nSPS) is 27.0. The van der Waals surface area contributed by atoms with Crippen molar-refractivity contribution in [1.29, 1.82) is 0 Å². The third-order valence-electron chi connectivity index (χ3n) is 2.64. The fraction of sp³-hybridized carbons (Fsp3) is 0.727. The molecule has 84 valence electrons. The predicted octanol–water partition coefficient (Wildman–Crippen LogP) is -0.109. The first-order chi connectivity index (χ1) is 7.17. The molecule has 1 aliphatic rings. The van der Waals surface area contributed by atoms with E-state index in [4.69, 9.17) is 11.2 Å². The minimum absolute atomic E-state index is 0.0115. The first kappa shape index (κ1) is 12.0. The highest BCUT2D eigenvalue weighted by Crippen LogP contribution is 2.07. The molecule has 0 radical (unpaired) electrons. The van der Waals surface area contributed by atoms with Gasteiger partial charge in [-0.1, -0.05) is 6.92 Å². The number of nitrogens with one attached hydrogen (secondary N) is 2. The Labute approximate surface area is 90.8 Å². The van der Waals surface area contributed by atoms with Crippen molar-refractivity contribution in [2.75, 3.05) is 13.2 Å². The maximum atomic E-state index is 11.0. The quantitative estimate of drug-likeness (QED) is 0.637. The van der Waals surface area contributed by atoms with Crippen LogP contribution in [0.1, 0.15) is 20.3 Å². The number of rotatable bonds is 4. The molecule has 1 amide bonds. The van der Waals surface area contributed by atoms with Gasteiger partial charge in [0.1, 0.15) is 0 Å². The lowest BCUT2D eigenvalue weighted by Crippen LogP contribution is -2.51. The van der Waals surface area contributed by atoms with Gasteiger partial charge in [-0.2, -0.15) is 0 Å². The summed E-state index contributed by atoms with van der Waals surface area (Å²) in [6, 6.07) is 0.571. The highest BCUT2D eigenvalue weighted by molar-refractivity contribution is 5.93. The van der Waals surface area contributed by atoms with Crippen LogP contribution in [0.3, 0.4) is 0 Å². The Morgan fingerprint density at radius 3 is 2.87 bits per heavy atom. The molecule has 0 saturated carbocycles. The van der Waals surface area contributed by atoms with Crippen LogP contribution in [0.15, 0.2) is 0 Å². The van der Waals surface area contributed by atoms with Gasteiger partial charge in [0.15, 0.2) is 0 Å². The number of hydrogen-bond donors (Lipinski definition) is 2. The van der Waals surface area contributed by atoms with Crippen molar-refractivity contribution in [2.45, 2.75) is 38.4 Å². The molecule has 0 aliphatic carbocycles. The van der Waals surface area contributed by atoms with E-state index < -0.39 is 0 Å². The highest BCUT2D eigenvalue weighted by Gasteiger charge is 2.29. The molecule has 0 aromatic rings. The van der Waals surface area contributed by atoms with Gasteiger partial charge >= 0.3 is 0 Å². The number of hydrogen-bond acceptors (Lipinski definition) is 3. The van der Waals surface area contributed by atoms with Crippen LogP contribution < -0.4 is 10.6 Å². The van der Waals surface area contributed by atoms with Crippen LogP contribution in [0, 0.1) is 12.3 Å². The van der Waals surface area contributed by atoms with E-state index in [-0.39, 0.29) is 18.0 Å². The van der Waals surface area contributed by atoms with Crippen LogP contribution in [0.4, 0.5) is 0 Å². The van der Waals surface area contributed by atoms with E-state index in [1.165, 1.54) is 0 Å². The fourth-order valence-electron chi connectivity index (χ4n) is 1.55. The number of amides is 1. The molecule has 4 nitrogen and oxygen atoms in total. The van der Waals surface area contributed by atoms with E-state index in [0.717, 1.165) is 6.42 Å². The summed E-state index contributed by atoms with van der Waals surface area (Å²) in [5.41, 5.74) is 0. The van der Waals surface area contributed by atoms with Crippen molar-refractivity contribution in [2.24, 2.45) is 0 Å².